The third kappa shape index (κ3) is 7.45. The first-order chi connectivity index (χ1) is 13.7. The summed E-state index contributed by atoms with van der Waals surface area (Å²) in [6.07, 6.45) is 0.0318. The fourth-order valence-electron chi connectivity index (χ4n) is 2.22. The molecule has 0 aliphatic carbocycles. The predicted octanol–water partition coefficient (Wildman–Crippen LogP) is 5.38. The zero-order valence-electron chi connectivity index (χ0n) is 16.1. The first kappa shape index (κ1) is 23.4. The van der Waals surface area contributed by atoms with Crippen molar-refractivity contribution in [2.24, 2.45) is 5.10 Å². The van der Waals surface area contributed by atoms with Gasteiger partial charge in [-0.15, -0.1) is 0 Å². The van der Waals surface area contributed by atoms with Gasteiger partial charge in [0, 0.05) is 20.9 Å². The SMILES string of the molecule is CC(CC(=O)Nc1ccc(C)c(Cl)c1)=NNC(=O)COc1cc(C)c(Br)cc1Br. The highest BCUT2D eigenvalue weighted by Gasteiger charge is 2.09. The van der Waals surface area contributed by atoms with Gasteiger partial charge in [0.15, 0.2) is 6.61 Å². The molecule has 0 fully saturated rings. The topological polar surface area (TPSA) is 79.8 Å². The van der Waals surface area contributed by atoms with Gasteiger partial charge in [-0.3, -0.25) is 9.59 Å². The average molecular weight is 546 g/mol. The maximum absolute atomic E-state index is 12.1. The second kappa shape index (κ2) is 10.8. The molecule has 9 heteroatoms. The Balaban J connectivity index is 1.82. The van der Waals surface area contributed by atoms with Crippen LogP contribution in [-0.4, -0.2) is 24.1 Å². The van der Waals surface area contributed by atoms with E-state index in [0.29, 0.717) is 22.2 Å². The van der Waals surface area contributed by atoms with Crippen LogP contribution in [0.2, 0.25) is 5.02 Å². The van der Waals surface area contributed by atoms with Crippen LogP contribution in [0.25, 0.3) is 0 Å². The second-order valence-electron chi connectivity index (χ2n) is 6.39. The van der Waals surface area contributed by atoms with Crippen LogP contribution in [-0.2, 0) is 9.59 Å². The van der Waals surface area contributed by atoms with Crippen molar-refractivity contribution in [3.8, 4) is 5.75 Å². The summed E-state index contributed by atoms with van der Waals surface area (Å²) in [5.74, 6) is -0.133. The summed E-state index contributed by atoms with van der Waals surface area (Å²) in [6.45, 7) is 5.25. The molecule has 0 saturated heterocycles. The summed E-state index contributed by atoms with van der Waals surface area (Å²) in [7, 11) is 0. The highest BCUT2D eigenvalue weighted by atomic mass is 79.9. The molecule has 2 N–H and O–H groups in total. The lowest BCUT2D eigenvalue weighted by Crippen LogP contribution is -2.26. The van der Waals surface area contributed by atoms with E-state index in [1.807, 2.05) is 32.0 Å². The summed E-state index contributed by atoms with van der Waals surface area (Å²) in [4.78, 5) is 24.0. The number of nitrogens with zero attached hydrogens (tertiary/aromatic N) is 1. The van der Waals surface area contributed by atoms with Crippen molar-refractivity contribution >= 4 is 66.7 Å². The van der Waals surface area contributed by atoms with Crippen LogP contribution in [0.1, 0.15) is 24.5 Å². The number of hydrogen-bond acceptors (Lipinski definition) is 4. The molecular weight excluding hydrogens is 525 g/mol. The molecular formula is C20H20Br2ClN3O3. The molecule has 0 unspecified atom stereocenters. The molecule has 6 nitrogen and oxygen atoms in total. The predicted molar refractivity (Wildman–Crippen MR) is 123 cm³/mol. The summed E-state index contributed by atoms with van der Waals surface area (Å²) in [6, 6.07) is 8.95. The van der Waals surface area contributed by atoms with Crippen molar-refractivity contribution in [2.45, 2.75) is 27.2 Å². The lowest BCUT2D eigenvalue weighted by atomic mass is 10.2. The van der Waals surface area contributed by atoms with E-state index in [0.717, 1.165) is 20.1 Å². The summed E-state index contributed by atoms with van der Waals surface area (Å²) < 4.78 is 7.18. The fourth-order valence-corrected chi connectivity index (χ4v) is 3.51. The molecule has 0 heterocycles. The summed E-state index contributed by atoms with van der Waals surface area (Å²) >= 11 is 12.9. The number of anilines is 1. The van der Waals surface area contributed by atoms with E-state index < -0.39 is 5.91 Å². The van der Waals surface area contributed by atoms with Crippen LogP contribution in [0.4, 0.5) is 5.69 Å². The number of hydrazone groups is 1. The molecule has 0 radical (unpaired) electrons. The van der Waals surface area contributed by atoms with Crippen molar-refractivity contribution in [2.75, 3.05) is 11.9 Å². The Morgan fingerprint density at radius 2 is 1.79 bits per heavy atom. The van der Waals surface area contributed by atoms with Crippen molar-refractivity contribution < 1.29 is 14.3 Å². The number of nitrogens with one attached hydrogen (secondary N) is 2. The monoisotopic (exact) mass is 543 g/mol. The van der Waals surface area contributed by atoms with Gasteiger partial charge in [0.05, 0.1) is 10.9 Å². The largest absolute Gasteiger partial charge is 0.483 e. The third-order valence-corrected chi connectivity index (χ3v) is 5.70. The van der Waals surface area contributed by atoms with Gasteiger partial charge in [-0.25, -0.2) is 5.43 Å². The fraction of sp³-hybridized carbons (Fsp3) is 0.250. The van der Waals surface area contributed by atoms with Crippen molar-refractivity contribution in [1.29, 1.82) is 0 Å². The maximum atomic E-state index is 12.1. The normalized spacial score (nSPS) is 11.2. The third-order valence-electron chi connectivity index (χ3n) is 3.82. The van der Waals surface area contributed by atoms with E-state index in [1.54, 1.807) is 19.1 Å². The van der Waals surface area contributed by atoms with Gasteiger partial charge in [-0.05, 0) is 72.1 Å². The number of hydrogen-bond donors (Lipinski definition) is 2. The zero-order chi connectivity index (χ0) is 21.6. The number of benzene rings is 2. The zero-order valence-corrected chi connectivity index (χ0v) is 20.0. The van der Waals surface area contributed by atoms with Crippen LogP contribution < -0.4 is 15.5 Å². The van der Waals surface area contributed by atoms with Crippen LogP contribution in [0.15, 0.2) is 44.4 Å². The minimum Gasteiger partial charge on any atom is -0.483 e. The van der Waals surface area contributed by atoms with E-state index in [1.165, 1.54) is 0 Å². The molecule has 2 rings (SSSR count). The number of rotatable bonds is 7. The Labute approximate surface area is 191 Å². The van der Waals surface area contributed by atoms with Crippen molar-refractivity contribution in [3.05, 3.63) is 55.4 Å². The smallest absolute Gasteiger partial charge is 0.277 e. The molecule has 2 aromatic carbocycles. The lowest BCUT2D eigenvalue weighted by molar-refractivity contribution is -0.123. The Hall–Kier alpha value is -1.90. The summed E-state index contributed by atoms with van der Waals surface area (Å²) in [5, 5.41) is 7.25. The molecule has 29 heavy (non-hydrogen) atoms. The minimum absolute atomic E-state index is 0.0318. The Bertz CT molecular complexity index is 964. The molecule has 0 bridgehead atoms. The van der Waals surface area contributed by atoms with Gasteiger partial charge in [0.2, 0.25) is 5.91 Å². The van der Waals surface area contributed by atoms with E-state index in [4.69, 9.17) is 16.3 Å². The summed E-state index contributed by atoms with van der Waals surface area (Å²) in [5.41, 5.74) is 5.35. The molecule has 0 aromatic heterocycles. The molecule has 0 aliphatic heterocycles. The molecule has 154 valence electrons. The lowest BCUT2D eigenvalue weighted by Gasteiger charge is -2.10. The van der Waals surface area contributed by atoms with Crippen molar-refractivity contribution in [3.63, 3.8) is 0 Å². The maximum Gasteiger partial charge on any atom is 0.277 e. The van der Waals surface area contributed by atoms with E-state index in [-0.39, 0.29) is 18.9 Å². The first-order valence-corrected chi connectivity index (χ1v) is 10.6. The quantitative estimate of drug-likeness (QED) is 0.362. The highest BCUT2D eigenvalue weighted by molar-refractivity contribution is 9.11. The Morgan fingerprint density at radius 1 is 1.07 bits per heavy atom. The molecule has 0 aliphatic rings. The number of amides is 2. The highest BCUT2D eigenvalue weighted by Crippen LogP contribution is 2.31. The van der Waals surface area contributed by atoms with Gasteiger partial charge in [0.1, 0.15) is 5.75 Å². The standard InChI is InChI=1S/C20H20Br2ClN3O3/c1-11-4-5-14(8-17(11)23)24-19(27)7-13(3)25-26-20(28)10-29-18-6-12(2)15(21)9-16(18)22/h4-6,8-9H,7,10H2,1-3H3,(H,24,27)(H,26,28). The van der Waals surface area contributed by atoms with E-state index in [9.17, 15) is 9.59 Å². The second-order valence-corrected chi connectivity index (χ2v) is 8.51. The number of carbonyl (C=O) groups excluding carboxylic acids is 2. The molecule has 0 spiro atoms. The van der Waals surface area contributed by atoms with Gasteiger partial charge >= 0.3 is 0 Å². The first-order valence-electron chi connectivity index (χ1n) is 8.62. The van der Waals surface area contributed by atoms with Crippen LogP contribution in [0, 0.1) is 13.8 Å². The minimum atomic E-state index is -0.428. The Morgan fingerprint density at radius 3 is 2.48 bits per heavy atom. The Kier molecular flexibility index (Phi) is 8.67. The van der Waals surface area contributed by atoms with Crippen LogP contribution >= 0.6 is 43.5 Å². The van der Waals surface area contributed by atoms with Gasteiger partial charge in [-0.2, -0.15) is 5.10 Å². The van der Waals surface area contributed by atoms with Gasteiger partial charge < -0.3 is 10.1 Å². The van der Waals surface area contributed by atoms with Gasteiger partial charge in [-0.1, -0.05) is 33.6 Å². The van der Waals surface area contributed by atoms with Gasteiger partial charge in [0.25, 0.3) is 5.91 Å². The molecule has 2 aromatic rings. The van der Waals surface area contributed by atoms with Crippen LogP contribution in [0.3, 0.4) is 0 Å². The average Bonchev–Trinajstić information content (AvgIpc) is 2.64. The van der Waals surface area contributed by atoms with E-state index in [2.05, 4.69) is 47.7 Å². The molecule has 0 atom stereocenters. The molecule has 0 saturated carbocycles. The van der Waals surface area contributed by atoms with Crippen LogP contribution in [0.5, 0.6) is 5.75 Å². The van der Waals surface area contributed by atoms with E-state index >= 15 is 0 Å². The number of ether oxygens (including phenoxy) is 1. The van der Waals surface area contributed by atoms with Crippen molar-refractivity contribution in [1.82, 2.24) is 5.43 Å². The number of aryl methyl sites for hydroxylation is 2. The number of halogens is 3. The molecule has 2 amide bonds. The number of carbonyl (C=O) groups is 2.